The van der Waals surface area contributed by atoms with Gasteiger partial charge in [-0.25, -0.2) is 12.8 Å². The number of anilines is 1. The van der Waals surface area contributed by atoms with Crippen LogP contribution in [0.5, 0.6) is 0 Å². The standard InChI is InChI=1S/C11H15BrFNO2S/c1-8(2)5-6-17(15,16)14-11-4-3-9(13)7-10(11)12/h3-4,7-8,14H,5-6H2,1-2H3. The van der Waals surface area contributed by atoms with E-state index in [0.717, 1.165) is 0 Å². The van der Waals surface area contributed by atoms with E-state index >= 15 is 0 Å². The molecule has 96 valence electrons. The number of halogens is 2. The Balaban J connectivity index is 2.76. The number of sulfonamides is 1. The summed E-state index contributed by atoms with van der Waals surface area (Å²) < 4.78 is 39.1. The minimum atomic E-state index is -3.37. The van der Waals surface area contributed by atoms with Gasteiger partial charge in [0.05, 0.1) is 11.4 Å². The molecule has 0 bridgehead atoms. The van der Waals surface area contributed by atoms with E-state index in [0.29, 0.717) is 22.5 Å². The molecule has 0 amide bonds. The second kappa shape index (κ2) is 5.82. The lowest BCUT2D eigenvalue weighted by molar-refractivity contribution is 0.578. The van der Waals surface area contributed by atoms with Crippen LogP contribution in [0.2, 0.25) is 0 Å². The minimum absolute atomic E-state index is 0.0640. The van der Waals surface area contributed by atoms with Gasteiger partial charge in [-0.3, -0.25) is 4.72 Å². The van der Waals surface area contributed by atoms with Crippen LogP contribution >= 0.6 is 15.9 Å². The summed E-state index contributed by atoms with van der Waals surface area (Å²) in [6.07, 6.45) is 0.591. The zero-order valence-corrected chi connectivity index (χ0v) is 12.1. The van der Waals surface area contributed by atoms with Crippen LogP contribution < -0.4 is 4.72 Å². The van der Waals surface area contributed by atoms with Gasteiger partial charge < -0.3 is 0 Å². The van der Waals surface area contributed by atoms with Gasteiger partial charge in [-0.15, -0.1) is 0 Å². The third-order valence-electron chi connectivity index (χ3n) is 2.16. The first-order valence-electron chi connectivity index (χ1n) is 5.26. The summed E-state index contributed by atoms with van der Waals surface area (Å²) in [5.41, 5.74) is 0.357. The summed E-state index contributed by atoms with van der Waals surface area (Å²) in [5, 5.41) is 0. The molecule has 1 aromatic carbocycles. The van der Waals surface area contributed by atoms with Crippen molar-refractivity contribution in [2.45, 2.75) is 20.3 Å². The highest BCUT2D eigenvalue weighted by atomic mass is 79.9. The predicted octanol–water partition coefficient (Wildman–Crippen LogP) is 3.38. The van der Waals surface area contributed by atoms with E-state index in [-0.39, 0.29) is 5.75 Å². The van der Waals surface area contributed by atoms with Crippen molar-refractivity contribution >= 4 is 31.6 Å². The fraction of sp³-hybridized carbons (Fsp3) is 0.455. The summed E-state index contributed by atoms with van der Waals surface area (Å²) in [6.45, 7) is 3.92. The second-order valence-electron chi connectivity index (χ2n) is 4.23. The van der Waals surface area contributed by atoms with Crippen molar-refractivity contribution in [1.29, 1.82) is 0 Å². The topological polar surface area (TPSA) is 46.2 Å². The van der Waals surface area contributed by atoms with E-state index in [1.165, 1.54) is 18.2 Å². The van der Waals surface area contributed by atoms with Crippen LogP contribution in [0.15, 0.2) is 22.7 Å². The molecule has 0 spiro atoms. The van der Waals surface area contributed by atoms with E-state index in [2.05, 4.69) is 20.7 Å². The van der Waals surface area contributed by atoms with Gasteiger partial charge in [0.15, 0.2) is 0 Å². The Morgan fingerprint density at radius 1 is 1.41 bits per heavy atom. The molecule has 17 heavy (non-hydrogen) atoms. The molecule has 6 heteroatoms. The number of nitrogens with one attached hydrogen (secondary N) is 1. The monoisotopic (exact) mass is 323 g/mol. The van der Waals surface area contributed by atoms with Gasteiger partial charge in [-0.1, -0.05) is 13.8 Å². The molecule has 0 aliphatic heterocycles. The van der Waals surface area contributed by atoms with Gasteiger partial charge in [0.25, 0.3) is 0 Å². The van der Waals surface area contributed by atoms with Gasteiger partial charge in [0.1, 0.15) is 5.82 Å². The summed E-state index contributed by atoms with van der Waals surface area (Å²) in [7, 11) is -3.37. The van der Waals surface area contributed by atoms with E-state index in [1.54, 1.807) is 0 Å². The van der Waals surface area contributed by atoms with Crippen LogP contribution in [-0.2, 0) is 10.0 Å². The van der Waals surface area contributed by atoms with Gasteiger partial charge >= 0.3 is 0 Å². The molecule has 0 fully saturated rings. The maximum absolute atomic E-state index is 12.8. The van der Waals surface area contributed by atoms with Gasteiger partial charge in [-0.2, -0.15) is 0 Å². The first kappa shape index (κ1) is 14.4. The molecule has 1 rings (SSSR count). The van der Waals surface area contributed by atoms with Crippen molar-refractivity contribution in [2.75, 3.05) is 10.5 Å². The highest BCUT2D eigenvalue weighted by molar-refractivity contribution is 9.10. The molecule has 1 N–H and O–H groups in total. The molecule has 0 saturated carbocycles. The lowest BCUT2D eigenvalue weighted by Crippen LogP contribution is -2.18. The van der Waals surface area contributed by atoms with Crippen molar-refractivity contribution in [3.8, 4) is 0 Å². The average Bonchev–Trinajstić information content (AvgIpc) is 2.20. The van der Waals surface area contributed by atoms with Crippen LogP contribution in [0, 0.1) is 11.7 Å². The molecular formula is C11H15BrFNO2S. The van der Waals surface area contributed by atoms with Crippen molar-refractivity contribution in [2.24, 2.45) is 5.92 Å². The summed E-state index contributed by atoms with van der Waals surface area (Å²) >= 11 is 3.11. The number of hydrogen-bond donors (Lipinski definition) is 1. The predicted molar refractivity (Wildman–Crippen MR) is 71.0 cm³/mol. The number of hydrogen-bond acceptors (Lipinski definition) is 2. The van der Waals surface area contributed by atoms with Gasteiger partial charge in [-0.05, 0) is 46.5 Å². The first-order valence-corrected chi connectivity index (χ1v) is 7.70. The molecule has 0 aliphatic rings. The van der Waals surface area contributed by atoms with Crippen molar-refractivity contribution in [1.82, 2.24) is 0 Å². The van der Waals surface area contributed by atoms with Crippen LogP contribution in [0.3, 0.4) is 0 Å². The molecular weight excluding hydrogens is 309 g/mol. The SMILES string of the molecule is CC(C)CCS(=O)(=O)Nc1ccc(F)cc1Br. The Kier molecular flexibility index (Phi) is 4.94. The Bertz CT molecular complexity index is 488. The fourth-order valence-corrected chi connectivity index (χ4v) is 3.16. The summed E-state index contributed by atoms with van der Waals surface area (Å²) in [5.74, 6) is -0.0284. The highest BCUT2D eigenvalue weighted by Crippen LogP contribution is 2.24. The molecule has 1 aromatic rings. The molecule has 0 aromatic heterocycles. The van der Waals surface area contributed by atoms with Crippen LogP contribution in [0.25, 0.3) is 0 Å². The van der Waals surface area contributed by atoms with E-state index < -0.39 is 15.8 Å². The summed E-state index contributed by atoms with van der Waals surface area (Å²) in [4.78, 5) is 0. The Morgan fingerprint density at radius 2 is 2.06 bits per heavy atom. The van der Waals surface area contributed by atoms with E-state index in [4.69, 9.17) is 0 Å². The number of rotatable bonds is 5. The van der Waals surface area contributed by atoms with Crippen molar-refractivity contribution < 1.29 is 12.8 Å². The molecule has 0 aliphatic carbocycles. The van der Waals surface area contributed by atoms with Crippen LogP contribution in [0.4, 0.5) is 10.1 Å². The van der Waals surface area contributed by atoms with Crippen molar-refractivity contribution in [3.63, 3.8) is 0 Å². The lowest BCUT2D eigenvalue weighted by atomic mass is 10.2. The van der Waals surface area contributed by atoms with Crippen LogP contribution in [-0.4, -0.2) is 14.2 Å². The minimum Gasteiger partial charge on any atom is -0.282 e. The van der Waals surface area contributed by atoms with Gasteiger partial charge in [0, 0.05) is 4.47 Å². The van der Waals surface area contributed by atoms with E-state index in [9.17, 15) is 12.8 Å². The maximum Gasteiger partial charge on any atom is 0.232 e. The average molecular weight is 324 g/mol. The lowest BCUT2D eigenvalue weighted by Gasteiger charge is -2.10. The fourth-order valence-electron chi connectivity index (χ4n) is 1.18. The largest absolute Gasteiger partial charge is 0.282 e. The molecule has 0 atom stereocenters. The summed E-state index contributed by atoms with van der Waals surface area (Å²) in [6, 6.07) is 3.83. The smallest absolute Gasteiger partial charge is 0.232 e. The molecule has 3 nitrogen and oxygen atoms in total. The zero-order valence-electron chi connectivity index (χ0n) is 9.70. The molecule has 0 unspecified atom stereocenters. The third-order valence-corrected chi connectivity index (χ3v) is 4.12. The third kappa shape index (κ3) is 5.04. The van der Waals surface area contributed by atoms with Crippen molar-refractivity contribution in [3.05, 3.63) is 28.5 Å². The maximum atomic E-state index is 12.8. The van der Waals surface area contributed by atoms with Gasteiger partial charge in [0.2, 0.25) is 10.0 Å². The first-order chi connectivity index (χ1) is 7.80. The Hall–Kier alpha value is -0.620. The normalized spacial score (nSPS) is 11.8. The zero-order chi connectivity index (χ0) is 13.1. The molecule has 0 saturated heterocycles. The van der Waals surface area contributed by atoms with E-state index in [1.807, 2.05) is 13.8 Å². The second-order valence-corrected chi connectivity index (χ2v) is 6.92. The molecule has 0 radical (unpaired) electrons. The quantitative estimate of drug-likeness (QED) is 0.902. The highest BCUT2D eigenvalue weighted by Gasteiger charge is 2.13. The molecule has 0 heterocycles. The Morgan fingerprint density at radius 3 is 2.59 bits per heavy atom. The van der Waals surface area contributed by atoms with Crippen LogP contribution in [0.1, 0.15) is 20.3 Å². The number of benzene rings is 1. The Labute approximate surface area is 110 Å².